The molecular formula is C16H19NO4. The van der Waals surface area contributed by atoms with Crippen molar-refractivity contribution in [1.82, 2.24) is 4.98 Å². The van der Waals surface area contributed by atoms with Gasteiger partial charge in [-0.25, -0.2) is 0 Å². The molecule has 2 heterocycles. The number of pyridine rings is 1. The van der Waals surface area contributed by atoms with E-state index in [9.17, 15) is 10.2 Å². The van der Waals surface area contributed by atoms with E-state index in [2.05, 4.69) is 4.98 Å². The molecule has 1 aromatic heterocycles. The number of nitrogens with zero attached hydrogens (tertiary/aromatic N) is 1. The molecule has 2 aromatic rings. The maximum atomic E-state index is 9.98. The van der Waals surface area contributed by atoms with Crippen molar-refractivity contribution in [3.63, 3.8) is 0 Å². The summed E-state index contributed by atoms with van der Waals surface area (Å²) in [5.41, 5.74) is 0.850. The van der Waals surface area contributed by atoms with E-state index in [1.165, 1.54) is 0 Å². The number of fused-ring (bicyclic) bond motifs is 1. The molecule has 1 aromatic carbocycles. The molecule has 2 N–H and O–H groups in total. The summed E-state index contributed by atoms with van der Waals surface area (Å²) in [5, 5.41) is 20.8. The minimum absolute atomic E-state index is 0.374. The van der Waals surface area contributed by atoms with Crippen LogP contribution in [0.5, 0.6) is 5.75 Å². The molecule has 0 radical (unpaired) electrons. The molecule has 5 heteroatoms. The molecule has 112 valence electrons. The summed E-state index contributed by atoms with van der Waals surface area (Å²) in [5.74, 6) is 0.665. The van der Waals surface area contributed by atoms with Gasteiger partial charge in [0.2, 0.25) is 0 Å². The zero-order valence-electron chi connectivity index (χ0n) is 12.0. The number of ether oxygens (including phenoxy) is 2. The van der Waals surface area contributed by atoms with Crippen molar-refractivity contribution in [3.05, 3.63) is 36.5 Å². The van der Waals surface area contributed by atoms with Gasteiger partial charge < -0.3 is 19.7 Å². The first kappa shape index (κ1) is 14.3. The number of benzene rings is 1. The highest BCUT2D eigenvalue weighted by molar-refractivity contribution is 5.79. The molecule has 0 amide bonds. The molecule has 21 heavy (non-hydrogen) atoms. The topological polar surface area (TPSA) is 71.8 Å². The van der Waals surface area contributed by atoms with Crippen molar-refractivity contribution < 1.29 is 19.7 Å². The van der Waals surface area contributed by atoms with Gasteiger partial charge in [0.25, 0.3) is 0 Å². The highest BCUT2D eigenvalue weighted by Gasteiger charge is 2.43. The Morgan fingerprint density at radius 1 is 1.24 bits per heavy atom. The maximum absolute atomic E-state index is 9.98. The predicted octanol–water partition coefficient (Wildman–Crippen LogP) is 1.51. The van der Waals surface area contributed by atoms with E-state index in [4.69, 9.17) is 9.47 Å². The lowest BCUT2D eigenvalue weighted by atomic mass is 10.1. The van der Waals surface area contributed by atoms with Crippen LogP contribution in [0.2, 0.25) is 0 Å². The average Bonchev–Trinajstić information content (AvgIpc) is 2.75. The van der Waals surface area contributed by atoms with E-state index in [1.807, 2.05) is 37.3 Å². The fourth-order valence-corrected chi connectivity index (χ4v) is 2.67. The van der Waals surface area contributed by atoms with E-state index >= 15 is 0 Å². The SMILES string of the molecule is CC(Oc1ccc2cccnc2c1)[C@H]1O[C@@H](C)[C@H](O)[C@@H]1O. The molecule has 1 saturated heterocycles. The molecule has 1 fully saturated rings. The third-order valence-electron chi connectivity index (χ3n) is 3.90. The molecule has 3 rings (SSSR count). The summed E-state index contributed by atoms with van der Waals surface area (Å²) in [6.07, 6.45) is -1.39. The van der Waals surface area contributed by atoms with Gasteiger partial charge in [0, 0.05) is 17.6 Å². The molecule has 1 aliphatic heterocycles. The Morgan fingerprint density at radius 2 is 2.05 bits per heavy atom. The van der Waals surface area contributed by atoms with E-state index in [0.29, 0.717) is 5.75 Å². The van der Waals surface area contributed by atoms with Crippen LogP contribution in [-0.4, -0.2) is 45.7 Å². The largest absolute Gasteiger partial charge is 0.488 e. The Hall–Kier alpha value is -1.69. The molecule has 0 spiro atoms. The fourth-order valence-electron chi connectivity index (χ4n) is 2.67. The zero-order chi connectivity index (χ0) is 15.0. The highest BCUT2D eigenvalue weighted by atomic mass is 16.6. The van der Waals surface area contributed by atoms with Crippen LogP contribution in [-0.2, 0) is 4.74 Å². The molecule has 0 bridgehead atoms. The average molecular weight is 289 g/mol. The molecule has 0 saturated carbocycles. The Balaban J connectivity index is 1.75. The van der Waals surface area contributed by atoms with Crippen LogP contribution in [0.25, 0.3) is 10.9 Å². The summed E-state index contributed by atoms with van der Waals surface area (Å²) in [4.78, 5) is 4.29. The van der Waals surface area contributed by atoms with Gasteiger partial charge in [-0.2, -0.15) is 0 Å². The zero-order valence-corrected chi connectivity index (χ0v) is 12.0. The predicted molar refractivity (Wildman–Crippen MR) is 78.2 cm³/mol. The van der Waals surface area contributed by atoms with Crippen LogP contribution in [0.1, 0.15) is 13.8 Å². The van der Waals surface area contributed by atoms with Gasteiger partial charge in [-0.1, -0.05) is 6.07 Å². The van der Waals surface area contributed by atoms with E-state index in [1.54, 1.807) is 13.1 Å². The van der Waals surface area contributed by atoms with Crippen LogP contribution in [0, 0.1) is 0 Å². The van der Waals surface area contributed by atoms with Crippen molar-refractivity contribution >= 4 is 10.9 Å². The third-order valence-corrected chi connectivity index (χ3v) is 3.90. The van der Waals surface area contributed by atoms with Crippen molar-refractivity contribution in [2.45, 2.75) is 44.4 Å². The third kappa shape index (κ3) is 2.72. The van der Waals surface area contributed by atoms with Gasteiger partial charge in [0.05, 0.1) is 11.6 Å². The number of aliphatic hydroxyl groups excluding tert-OH is 2. The lowest BCUT2D eigenvalue weighted by molar-refractivity contribution is -0.0453. The van der Waals surface area contributed by atoms with Gasteiger partial charge in [0.15, 0.2) is 0 Å². The normalized spacial score (nSPS) is 30.5. The molecule has 0 aliphatic carbocycles. The standard InChI is InChI=1S/C16H19NO4/c1-9-14(18)15(19)16(21-9)10(2)20-12-6-5-11-4-3-7-17-13(11)8-12/h3-10,14-16,18-19H,1-2H3/t9-,10?,14-,15-,16+/m0/s1. The number of aliphatic hydroxyl groups is 2. The van der Waals surface area contributed by atoms with Crippen LogP contribution in [0.4, 0.5) is 0 Å². The summed E-state index contributed by atoms with van der Waals surface area (Å²) >= 11 is 0. The molecule has 5 nitrogen and oxygen atoms in total. The van der Waals surface area contributed by atoms with Crippen LogP contribution >= 0.6 is 0 Å². The number of hydrogen-bond acceptors (Lipinski definition) is 5. The van der Waals surface area contributed by atoms with E-state index in [-0.39, 0.29) is 6.10 Å². The fraction of sp³-hybridized carbons (Fsp3) is 0.438. The van der Waals surface area contributed by atoms with Gasteiger partial charge >= 0.3 is 0 Å². The second kappa shape index (κ2) is 5.60. The van der Waals surface area contributed by atoms with Crippen LogP contribution in [0.15, 0.2) is 36.5 Å². The van der Waals surface area contributed by atoms with E-state index in [0.717, 1.165) is 10.9 Å². The first-order valence-corrected chi connectivity index (χ1v) is 7.09. The molecular weight excluding hydrogens is 270 g/mol. The highest BCUT2D eigenvalue weighted by Crippen LogP contribution is 2.27. The van der Waals surface area contributed by atoms with Gasteiger partial charge in [-0.3, -0.25) is 4.98 Å². The monoisotopic (exact) mass is 289 g/mol. The molecule has 1 unspecified atom stereocenters. The molecule has 1 aliphatic rings. The van der Waals surface area contributed by atoms with Crippen LogP contribution < -0.4 is 4.74 Å². The van der Waals surface area contributed by atoms with Crippen molar-refractivity contribution in [2.24, 2.45) is 0 Å². The van der Waals surface area contributed by atoms with Crippen molar-refractivity contribution in [3.8, 4) is 5.75 Å². The summed E-state index contributed by atoms with van der Waals surface area (Å²) in [6, 6.07) is 9.52. The lowest BCUT2D eigenvalue weighted by Gasteiger charge is -2.23. The first-order valence-electron chi connectivity index (χ1n) is 7.09. The Kier molecular flexibility index (Phi) is 3.80. The molecule has 5 atom stereocenters. The van der Waals surface area contributed by atoms with E-state index < -0.39 is 24.4 Å². The van der Waals surface area contributed by atoms with Gasteiger partial charge in [0.1, 0.15) is 30.2 Å². The van der Waals surface area contributed by atoms with Crippen molar-refractivity contribution in [2.75, 3.05) is 0 Å². The Bertz CT molecular complexity index is 632. The summed E-state index contributed by atoms with van der Waals surface area (Å²) in [7, 11) is 0. The minimum atomic E-state index is -0.936. The second-order valence-corrected chi connectivity index (χ2v) is 5.47. The first-order chi connectivity index (χ1) is 10.1. The van der Waals surface area contributed by atoms with Gasteiger partial charge in [-0.05, 0) is 32.0 Å². The Labute approximate surface area is 123 Å². The maximum Gasteiger partial charge on any atom is 0.125 e. The van der Waals surface area contributed by atoms with Crippen molar-refractivity contribution in [1.29, 1.82) is 0 Å². The van der Waals surface area contributed by atoms with Gasteiger partial charge in [-0.15, -0.1) is 0 Å². The number of hydrogen-bond donors (Lipinski definition) is 2. The Morgan fingerprint density at radius 3 is 2.76 bits per heavy atom. The van der Waals surface area contributed by atoms with Crippen LogP contribution in [0.3, 0.4) is 0 Å². The minimum Gasteiger partial charge on any atom is -0.488 e. The second-order valence-electron chi connectivity index (χ2n) is 5.47. The number of aromatic nitrogens is 1. The number of rotatable bonds is 3. The lowest BCUT2D eigenvalue weighted by Crippen LogP contribution is -2.40. The smallest absolute Gasteiger partial charge is 0.125 e. The summed E-state index contributed by atoms with van der Waals surface area (Å²) in [6.45, 7) is 3.56. The quantitative estimate of drug-likeness (QED) is 0.896. The summed E-state index contributed by atoms with van der Waals surface area (Å²) < 4.78 is 11.4.